The van der Waals surface area contributed by atoms with Crippen molar-refractivity contribution in [2.75, 3.05) is 31.1 Å². The predicted octanol–water partition coefficient (Wildman–Crippen LogP) is 1.23. The summed E-state index contributed by atoms with van der Waals surface area (Å²) in [6, 6.07) is 0.622. The van der Waals surface area contributed by atoms with Crippen LogP contribution < -0.4 is 10.2 Å². The third kappa shape index (κ3) is 2.31. The Kier molecular flexibility index (Phi) is 3.36. The van der Waals surface area contributed by atoms with Crippen LogP contribution in [-0.4, -0.2) is 47.5 Å². The Morgan fingerprint density at radius 2 is 2.15 bits per heavy atom. The molecule has 3 fully saturated rings. The van der Waals surface area contributed by atoms with Gasteiger partial charge < -0.3 is 15.0 Å². The molecule has 110 valence electrons. The monoisotopic (exact) mass is 277 g/mol. The van der Waals surface area contributed by atoms with Gasteiger partial charge in [0.05, 0.1) is 0 Å². The quantitative estimate of drug-likeness (QED) is 0.851. The topological polar surface area (TPSA) is 66.1 Å². The van der Waals surface area contributed by atoms with Crippen LogP contribution in [0.2, 0.25) is 0 Å². The Hall–Kier alpha value is -1.14. The second kappa shape index (κ2) is 5.33. The van der Waals surface area contributed by atoms with Crippen molar-refractivity contribution in [1.82, 2.24) is 20.5 Å². The number of nitrogens with one attached hydrogen (secondary N) is 2. The zero-order valence-corrected chi connectivity index (χ0v) is 11.8. The van der Waals surface area contributed by atoms with Gasteiger partial charge in [-0.15, -0.1) is 5.10 Å². The van der Waals surface area contributed by atoms with Gasteiger partial charge in [0.25, 0.3) is 0 Å². The molecule has 0 aliphatic carbocycles. The minimum Gasteiger partial charge on any atom is -0.370 e. The summed E-state index contributed by atoms with van der Waals surface area (Å²) in [4.78, 5) is 7.00. The molecule has 3 aliphatic rings. The maximum atomic E-state index is 5.77. The number of fused-ring (bicyclic) bond motifs is 1. The molecule has 20 heavy (non-hydrogen) atoms. The summed E-state index contributed by atoms with van der Waals surface area (Å²) >= 11 is 0. The first kappa shape index (κ1) is 12.6. The lowest BCUT2D eigenvalue weighted by molar-refractivity contribution is 0.00969. The molecule has 0 bridgehead atoms. The van der Waals surface area contributed by atoms with E-state index in [9.17, 15) is 0 Å². The highest BCUT2D eigenvalue weighted by atomic mass is 16.5. The molecule has 3 atom stereocenters. The lowest BCUT2D eigenvalue weighted by Crippen LogP contribution is -2.40. The number of piperidine rings is 1. The van der Waals surface area contributed by atoms with E-state index in [2.05, 4.69) is 25.4 Å². The lowest BCUT2D eigenvalue weighted by atomic mass is 9.94. The summed E-state index contributed by atoms with van der Waals surface area (Å²) in [6.07, 6.45) is 6.19. The Labute approximate surface area is 119 Å². The van der Waals surface area contributed by atoms with Crippen molar-refractivity contribution in [3.8, 4) is 0 Å². The molecule has 0 amide bonds. The highest BCUT2D eigenvalue weighted by Gasteiger charge is 2.36. The maximum Gasteiger partial charge on any atom is 0.244 e. The van der Waals surface area contributed by atoms with E-state index < -0.39 is 0 Å². The van der Waals surface area contributed by atoms with Crippen LogP contribution >= 0.6 is 0 Å². The number of nitrogens with zero attached hydrogens (tertiary/aromatic N) is 3. The van der Waals surface area contributed by atoms with Gasteiger partial charge in [-0.3, -0.25) is 5.10 Å². The van der Waals surface area contributed by atoms with Crippen LogP contribution in [0.1, 0.15) is 44.0 Å². The first-order valence-electron chi connectivity index (χ1n) is 7.92. The number of anilines is 1. The summed E-state index contributed by atoms with van der Waals surface area (Å²) < 4.78 is 5.77. The van der Waals surface area contributed by atoms with Gasteiger partial charge in [-0.25, -0.2) is 0 Å². The van der Waals surface area contributed by atoms with Gasteiger partial charge in [0, 0.05) is 25.7 Å². The molecule has 3 unspecified atom stereocenters. The number of H-pyrrole nitrogens is 1. The van der Waals surface area contributed by atoms with E-state index >= 15 is 0 Å². The second-order valence-electron chi connectivity index (χ2n) is 6.24. The smallest absolute Gasteiger partial charge is 0.244 e. The molecule has 3 aliphatic heterocycles. The standard InChI is InChI=1S/C14H23N5O/c1-2-7-20-12(5-1)13-16-14(18-17-13)19-8-10-4-3-6-15-11(10)9-19/h10-12,15H,1-9H2,(H,16,17,18). The summed E-state index contributed by atoms with van der Waals surface area (Å²) in [5.41, 5.74) is 0. The van der Waals surface area contributed by atoms with Crippen LogP contribution in [0.15, 0.2) is 0 Å². The fourth-order valence-corrected chi connectivity index (χ4v) is 3.72. The van der Waals surface area contributed by atoms with E-state index in [-0.39, 0.29) is 6.10 Å². The summed E-state index contributed by atoms with van der Waals surface area (Å²) in [5, 5.41) is 11.1. The van der Waals surface area contributed by atoms with Crippen molar-refractivity contribution in [1.29, 1.82) is 0 Å². The largest absolute Gasteiger partial charge is 0.370 e. The van der Waals surface area contributed by atoms with Crippen LogP contribution in [0.5, 0.6) is 0 Å². The molecule has 6 heteroatoms. The molecule has 0 aromatic carbocycles. The minimum absolute atomic E-state index is 0.119. The van der Waals surface area contributed by atoms with Crippen molar-refractivity contribution in [3.05, 3.63) is 5.82 Å². The van der Waals surface area contributed by atoms with Crippen molar-refractivity contribution in [2.45, 2.75) is 44.2 Å². The lowest BCUT2D eigenvalue weighted by Gasteiger charge is -2.24. The molecular weight excluding hydrogens is 254 g/mol. The predicted molar refractivity (Wildman–Crippen MR) is 75.7 cm³/mol. The van der Waals surface area contributed by atoms with E-state index in [1.54, 1.807) is 0 Å². The Morgan fingerprint density at radius 1 is 1.15 bits per heavy atom. The number of ether oxygens (including phenoxy) is 1. The van der Waals surface area contributed by atoms with Gasteiger partial charge >= 0.3 is 0 Å². The van der Waals surface area contributed by atoms with Gasteiger partial charge in [-0.2, -0.15) is 4.98 Å². The molecule has 1 aromatic heterocycles. The van der Waals surface area contributed by atoms with E-state index in [1.165, 1.54) is 25.7 Å². The molecular formula is C14H23N5O. The van der Waals surface area contributed by atoms with Gasteiger partial charge in [0.1, 0.15) is 6.10 Å². The van der Waals surface area contributed by atoms with Gasteiger partial charge in [0.2, 0.25) is 5.95 Å². The molecule has 4 rings (SSSR count). The third-order valence-corrected chi connectivity index (χ3v) is 4.86. The second-order valence-corrected chi connectivity index (χ2v) is 6.24. The highest BCUT2D eigenvalue weighted by Crippen LogP contribution is 2.29. The minimum atomic E-state index is 0.119. The Morgan fingerprint density at radius 3 is 3.00 bits per heavy atom. The van der Waals surface area contributed by atoms with Crippen LogP contribution in [0, 0.1) is 5.92 Å². The first-order valence-corrected chi connectivity index (χ1v) is 7.92. The van der Waals surface area contributed by atoms with E-state index in [1.807, 2.05) is 0 Å². The normalized spacial score (nSPS) is 34.2. The summed E-state index contributed by atoms with van der Waals surface area (Å²) in [6.45, 7) is 4.12. The Bertz CT molecular complexity index is 442. The van der Waals surface area contributed by atoms with E-state index in [0.717, 1.165) is 50.4 Å². The number of hydrogen-bond donors (Lipinski definition) is 2. The number of aromatic amines is 1. The fourth-order valence-electron chi connectivity index (χ4n) is 3.72. The molecule has 0 saturated carbocycles. The van der Waals surface area contributed by atoms with Crippen molar-refractivity contribution < 1.29 is 4.74 Å². The molecule has 1 aromatic rings. The summed E-state index contributed by atoms with van der Waals surface area (Å²) in [7, 11) is 0. The van der Waals surface area contributed by atoms with Crippen LogP contribution in [-0.2, 0) is 4.74 Å². The zero-order chi connectivity index (χ0) is 13.4. The molecule has 0 radical (unpaired) electrons. The third-order valence-electron chi connectivity index (χ3n) is 4.86. The molecule has 0 spiro atoms. The average molecular weight is 277 g/mol. The van der Waals surface area contributed by atoms with Crippen LogP contribution in [0.3, 0.4) is 0 Å². The SMILES string of the molecule is C1CCC(c2nc(N3CC4CCCNC4C3)n[nH]2)OC1. The summed E-state index contributed by atoms with van der Waals surface area (Å²) in [5.74, 6) is 2.52. The van der Waals surface area contributed by atoms with Crippen LogP contribution in [0.4, 0.5) is 5.95 Å². The highest BCUT2D eigenvalue weighted by molar-refractivity contribution is 5.32. The molecule has 2 N–H and O–H groups in total. The number of hydrogen-bond acceptors (Lipinski definition) is 5. The molecule has 4 heterocycles. The first-order chi connectivity index (χ1) is 9.90. The van der Waals surface area contributed by atoms with E-state index in [4.69, 9.17) is 4.74 Å². The van der Waals surface area contributed by atoms with Gasteiger partial charge in [0.15, 0.2) is 5.82 Å². The van der Waals surface area contributed by atoms with Crippen molar-refractivity contribution in [2.24, 2.45) is 5.92 Å². The average Bonchev–Trinajstić information content (AvgIpc) is 3.14. The van der Waals surface area contributed by atoms with Crippen molar-refractivity contribution in [3.63, 3.8) is 0 Å². The van der Waals surface area contributed by atoms with Gasteiger partial charge in [-0.05, 0) is 44.6 Å². The van der Waals surface area contributed by atoms with E-state index in [0.29, 0.717) is 6.04 Å². The van der Waals surface area contributed by atoms with Crippen LogP contribution in [0.25, 0.3) is 0 Å². The fraction of sp³-hybridized carbons (Fsp3) is 0.857. The Balaban J connectivity index is 1.45. The molecule has 6 nitrogen and oxygen atoms in total. The number of aromatic nitrogens is 3. The molecule has 3 saturated heterocycles. The van der Waals surface area contributed by atoms with Gasteiger partial charge in [-0.1, -0.05) is 0 Å². The zero-order valence-electron chi connectivity index (χ0n) is 11.8. The maximum absolute atomic E-state index is 5.77. The van der Waals surface area contributed by atoms with Crippen molar-refractivity contribution >= 4 is 5.95 Å². The number of rotatable bonds is 2.